The Bertz CT molecular complexity index is 166. The number of hydrogen-bond acceptors (Lipinski definition) is 1. The van der Waals surface area contributed by atoms with Crippen LogP contribution in [0.15, 0.2) is 0 Å². The van der Waals surface area contributed by atoms with Crippen LogP contribution in [0.4, 0.5) is 0 Å². The van der Waals surface area contributed by atoms with E-state index in [4.69, 9.17) is 0 Å². The van der Waals surface area contributed by atoms with Crippen molar-refractivity contribution >= 4 is 5.91 Å². The monoisotopic (exact) mass is 227 g/mol. The van der Waals surface area contributed by atoms with Crippen molar-refractivity contribution in [1.82, 2.24) is 5.32 Å². The molecular weight excluding hydrogens is 198 g/mol. The summed E-state index contributed by atoms with van der Waals surface area (Å²) in [5.41, 5.74) is 0. The number of carbonyl (C=O) groups is 1. The highest BCUT2D eigenvalue weighted by molar-refractivity contribution is 5.75. The quantitative estimate of drug-likeness (QED) is 0.563. The van der Waals surface area contributed by atoms with Crippen molar-refractivity contribution in [3.8, 4) is 0 Å². The van der Waals surface area contributed by atoms with Gasteiger partial charge in [-0.2, -0.15) is 0 Å². The highest BCUT2D eigenvalue weighted by Crippen LogP contribution is 2.07. The lowest BCUT2D eigenvalue weighted by Crippen LogP contribution is -2.23. The number of hydrogen-bond donors (Lipinski definition) is 1. The molecule has 0 aliphatic rings. The lowest BCUT2D eigenvalue weighted by Gasteiger charge is -2.06. The van der Waals surface area contributed by atoms with Gasteiger partial charge in [-0.15, -0.1) is 0 Å². The first-order valence-electron chi connectivity index (χ1n) is 6.93. The van der Waals surface area contributed by atoms with E-state index in [2.05, 4.69) is 26.1 Å². The lowest BCUT2D eigenvalue weighted by molar-refractivity contribution is -0.121. The van der Waals surface area contributed by atoms with Gasteiger partial charge in [-0.25, -0.2) is 0 Å². The molecule has 0 aromatic heterocycles. The Kier molecular flexibility index (Phi) is 10.6. The summed E-state index contributed by atoms with van der Waals surface area (Å²) in [5, 5.41) is 2.99. The predicted octanol–water partition coefficient (Wildman–Crippen LogP) is 3.90. The van der Waals surface area contributed by atoms with E-state index in [0.717, 1.165) is 25.3 Å². The molecule has 0 atom stereocenters. The smallest absolute Gasteiger partial charge is 0.219 e. The molecule has 2 nitrogen and oxygen atoms in total. The van der Waals surface area contributed by atoms with Crippen LogP contribution in [0.1, 0.15) is 72.1 Å². The van der Waals surface area contributed by atoms with E-state index in [1.54, 1.807) is 0 Å². The van der Waals surface area contributed by atoms with Gasteiger partial charge in [0.25, 0.3) is 0 Å². The molecule has 0 bridgehead atoms. The van der Waals surface area contributed by atoms with Crippen LogP contribution in [0.5, 0.6) is 0 Å². The first-order valence-corrected chi connectivity index (χ1v) is 6.93. The summed E-state index contributed by atoms with van der Waals surface area (Å²) in [5.74, 6) is 0.998. The summed E-state index contributed by atoms with van der Waals surface area (Å²) < 4.78 is 0. The topological polar surface area (TPSA) is 29.1 Å². The molecule has 0 unspecified atom stereocenters. The van der Waals surface area contributed by atoms with Crippen LogP contribution in [0, 0.1) is 5.92 Å². The molecule has 16 heavy (non-hydrogen) atoms. The van der Waals surface area contributed by atoms with E-state index in [0.29, 0.717) is 6.42 Å². The zero-order chi connectivity index (χ0) is 12.2. The summed E-state index contributed by atoms with van der Waals surface area (Å²) >= 11 is 0. The van der Waals surface area contributed by atoms with Crippen molar-refractivity contribution < 1.29 is 4.79 Å². The maximum atomic E-state index is 11.4. The lowest BCUT2D eigenvalue weighted by atomic mass is 10.1. The van der Waals surface area contributed by atoms with E-state index in [-0.39, 0.29) is 5.91 Å². The highest BCUT2D eigenvalue weighted by Gasteiger charge is 2.01. The summed E-state index contributed by atoms with van der Waals surface area (Å²) in [6, 6.07) is 0. The number of amides is 1. The van der Waals surface area contributed by atoms with Gasteiger partial charge in [0.1, 0.15) is 0 Å². The molecule has 0 saturated carbocycles. The molecule has 0 rings (SSSR count). The summed E-state index contributed by atoms with van der Waals surface area (Å²) in [4.78, 5) is 11.4. The average Bonchev–Trinajstić information content (AvgIpc) is 2.24. The zero-order valence-electron chi connectivity index (χ0n) is 11.3. The van der Waals surface area contributed by atoms with Gasteiger partial charge in [0, 0.05) is 13.0 Å². The Morgan fingerprint density at radius 1 is 1.06 bits per heavy atom. The number of rotatable bonds is 10. The minimum Gasteiger partial charge on any atom is -0.356 e. The summed E-state index contributed by atoms with van der Waals surface area (Å²) in [6.07, 6.45) is 9.08. The summed E-state index contributed by atoms with van der Waals surface area (Å²) in [7, 11) is 0. The van der Waals surface area contributed by atoms with E-state index >= 15 is 0 Å². The Labute approximate surface area is 101 Å². The van der Waals surface area contributed by atoms with E-state index < -0.39 is 0 Å². The van der Waals surface area contributed by atoms with Gasteiger partial charge in [0.2, 0.25) is 5.91 Å². The molecule has 0 spiro atoms. The Morgan fingerprint density at radius 2 is 1.81 bits per heavy atom. The van der Waals surface area contributed by atoms with Gasteiger partial charge >= 0.3 is 0 Å². The van der Waals surface area contributed by atoms with Gasteiger partial charge in [-0.3, -0.25) is 4.79 Å². The Balaban J connectivity index is 3.18. The minimum atomic E-state index is 0.236. The predicted molar refractivity (Wildman–Crippen MR) is 70.5 cm³/mol. The molecule has 0 radical (unpaired) electrons. The van der Waals surface area contributed by atoms with Crippen molar-refractivity contribution in [3.63, 3.8) is 0 Å². The fourth-order valence-electron chi connectivity index (χ4n) is 1.71. The molecule has 1 amide bonds. The first kappa shape index (κ1) is 15.5. The van der Waals surface area contributed by atoms with Gasteiger partial charge in [0.05, 0.1) is 0 Å². The van der Waals surface area contributed by atoms with Gasteiger partial charge in [-0.05, 0) is 18.8 Å². The SMILES string of the molecule is CCCCCCNC(=O)CCCCC(C)C. The number of carbonyl (C=O) groups excluding carboxylic acids is 1. The van der Waals surface area contributed by atoms with Crippen LogP contribution >= 0.6 is 0 Å². The van der Waals surface area contributed by atoms with Crippen molar-refractivity contribution in [1.29, 1.82) is 0 Å². The van der Waals surface area contributed by atoms with Gasteiger partial charge < -0.3 is 5.32 Å². The fraction of sp³-hybridized carbons (Fsp3) is 0.929. The van der Waals surface area contributed by atoms with Crippen molar-refractivity contribution in [2.45, 2.75) is 72.1 Å². The molecule has 0 heterocycles. The second-order valence-electron chi connectivity index (χ2n) is 5.05. The molecule has 96 valence electrons. The second-order valence-corrected chi connectivity index (χ2v) is 5.05. The van der Waals surface area contributed by atoms with Crippen LogP contribution in [0.3, 0.4) is 0 Å². The first-order chi connectivity index (χ1) is 7.66. The molecule has 0 fully saturated rings. The molecule has 2 heteroatoms. The number of nitrogens with one attached hydrogen (secondary N) is 1. The maximum Gasteiger partial charge on any atom is 0.219 e. The van der Waals surface area contributed by atoms with Crippen LogP contribution < -0.4 is 5.32 Å². The van der Waals surface area contributed by atoms with Crippen molar-refractivity contribution in [2.24, 2.45) is 5.92 Å². The largest absolute Gasteiger partial charge is 0.356 e. The van der Waals surface area contributed by atoms with Gasteiger partial charge in [-0.1, -0.05) is 52.9 Å². The van der Waals surface area contributed by atoms with Crippen molar-refractivity contribution in [2.75, 3.05) is 6.54 Å². The maximum absolute atomic E-state index is 11.4. The minimum absolute atomic E-state index is 0.236. The average molecular weight is 227 g/mol. The second kappa shape index (κ2) is 11.0. The zero-order valence-corrected chi connectivity index (χ0v) is 11.3. The van der Waals surface area contributed by atoms with Crippen molar-refractivity contribution in [3.05, 3.63) is 0 Å². The third-order valence-corrected chi connectivity index (χ3v) is 2.79. The highest BCUT2D eigenvalue weighted by atomic mass is 16.1. The third kappa shape index (κ3) is 11.5. The van der Waals surface area contributed by atoms with Crippen LogP contribution in [-0.4, -0.2) is 12.5 Å². The molecule has 0 saturated heterocycles. The number of unbranched alkanes of at least 4 members (excludes halogenated alkanes) is 4. The molecule has 0 aromatic carbocycles. The van der Waals surface area contributed by atoms with E-state index in [1.807, 2.05) is 0 Å². The van der Waals surface area contributed by atoms with Crippen LogP contribution in [-0.2, 0) is 4.79 Å². The molecule has 1 N–H and O–H groups in total. The normalized spacial score (nSPS) is 10.8. The van der Waals surface area contributed by atoms with Gasteiger partial charge in [0.15, 0.2) is 0 Å². The molecule has 0 aliphatic heterocycles. The van der Waals surface area contributed by atoms with Crippen LogP contribution in [0.2, 0.25) is 0 Å². The molecule has 0 aliphatic carbocycles. The molecular formula is C14H29NO. The Hall–Kier alpha value is -0.530. The molecule has 0 aromatic rings. The van der Waals surface area contributed by atoms with E-state index in [1.165, 1.54) is 32.1 Å². The third-order valence-electron chi connectivity index (χ3n) is 2.79. The standard InChI is InChI=1S/C14H29NO/c1-4-5-6-9-12-15-14(16)11-8-7-10-13(2)3/h13H,4-12H2,1-3H3,(H,15,16). The fourth-order valence-corrected chi connectivity index (χ4v) is 1.71. The van der Waals surface area contributed by atoms with E-state index in [9.17, 15) is 4.79 Å². The Morgan fingerprint density at radius 3 is 2.44 bits per heavy atom. The summed E-state index contributed by atoms with van der Waals surface area (Å²) in [6.45, 7) is 7.53. The van der Waals surface area contributed by atoms with Crippen LogP contribution in [0.25, 0.3) is 0 Å².